The second kappa shape index (κ2) is 6.79. The third kappa shape index (κ3) is 5.94. The minimum Gasteiger partial charge on any atom is -0.459 e. The largest absolute Gasteiger partial charge is 0.459 e. The Labute approximate surface area is 85.8 Å². The molecule has 0 aliphatic heterocycles. The average Bonchev–Trinajstić information content (AvgIpc) is 2.02. The van der Waals surface area contributed by atoms with Crippen LogP contribution >= 0.6 is 0 Å². The summed E-state index contributed by atoms with van der Waals surface area (Å²) in [5, 5.41) is 0. The van der Waals surface area contributed by atoms with Gasteiger partial charge in [-0.2, -0.15) is 0 Å². The highest BCUT2D eigenvalue weighted by Crippen LogP contribution is 2.05. The zero-order chi connectivity index (χ0) is 11.1. The van der Waals surface area contributed by atoms with E-state index in [1.54, 1.807) is 14.0 Å². The van der Waals surface area contributed by atoms with Gasteiger partial charge in [-0.15, -0.1) is 0 Å². The highest BCUT2D eigenvalue weighted by Gasteiger charge is 2.18. The van der Waals surface area contributed by atoms with Crippen LogP contribution in [0.5, 0.6) is 0 Å². The first-order valence-electron chi connectivity index (χ1n) is 4.92. The molecule has 0 saturated carbocycles. The normalized spacial score (nSPS) is 15.3. The molecular weight excluding hydrogens is 182 g/mol. The van der Waals surface area contributed by atoms with Gasteiger partial charge >= 0.3 is 5.97 Å². The van der Waals surface area contributed by atoms with Crippen LogP contribution in [-0.2, 0) is 14.3 Å². The summed E-state index contributed by atoms with van der Waals surface area (Å²) >= 11 is 0. The Balaban J connectivity index is 3.82. The first-order chi connectivity index (χ1) is 6.47. The molecule has 2 atom stereocenters. The number of hydrogen-bond acceptors (Lipinski definition) is 4. The Morgan fingerprint density at radius 3 is 2.36 bits per heavy atom. The Bertz CT molecular complexity index is 171. The van der Waals surface area contributed by atoms with Crippen molar-refractivity contribution in [2.24, 2.45) is 11.7 Å². The van der Waals surface area contributed by atoms with Crippen LogP contribution in [0.25, 0.3) is 0 Å². The number of hydrogen-bond donors (Lipinski definition) is 1. The van der Waals surface area contributed by atoms with Crippen LogP contribution in [-0.4, -0.2) is 31.8 Å². The average molecular weight is 203 g/mol. The lowest BCUT2D eigenvalue weighted by Gasteiger charge is -2.17. The van der Waals surface area contributed by atoms with Crippen molar-refractivity contribution in [1.82, 2.24) is 0 Å². The van der Waals surface area contributed by atoms with E-state index in [0.29, 0.717) is 18.9 Å². The predicted molar refractivity (Wildman–Crippen MR) is 54.9 cm³/mol. The molecule has 84 valence electrons. The maximum absolute atomic E-state index is 11.4. The van der Waals surface area contributed by atoms with E-state index in [4.69, 9.17) is 15.2 Å². The van der Waals surface area contributed by atoms with Crippen LogP contribution in [0.4, 0.5) is 0 Å². The lowest BCUT2D eigenvalue weighted by Crippen LogP contribution is -2.36. The molecule has 0 aliphatic rings. The lowest BCUT2D eigenvalue weighted by molar-refractivity contribution is -0.152. The number of rotatable bonds is 6. The summed E-state index contributed by atoms with van der Waals surface area (Å²) in [6.07, 6.45) is 0.421. The SMILES string of the molecule is COCC(C)OC(=O)C(N)CC(C)C. The molecule has 0 spiro atoms. The minimum absolute atomic E-state index is 0.231. The number of ether oxygens (including phenoxy) is 2. The molecule has 0 heterocycles. The van der Waals surface area contributed by atoms with Crippen molar-refractivity contribution in [2.75, 3.05) is 13.7 Å². The van der Waals surface area contributed by atoms with Gasteiger partial charge in [0.15, 0.2) is 0 Å². The number of methoxy groups -OCH3 is 1. The third-order valence-electron chi connectivity index (χ3n) is 1.75. The molecular formula is C10H21NO3. The molecule has 4 nitrogen and oxygen atoms in total. The summed E-state index contributed by atoms with van der Waals surface area (Å²) in [6.45, 7) is 6.22. The van der Waals surface area contributed by atoms with Crippen LogP contribution in [0, 0.1) is 5.92 Å². The second-order valence-corrected chi connectivity index (χ2v) is 3.94. The van der Waals surface area contributed by atoms with Gasteiger partial charge in [0, 0.05) is 7.11 Å². The summed E-state index contributed by atoms with van der Waals surface area (Å²) in [4.78, 5) is 11.4. The molecule has 0 fully saturated rings. The molecule has 0 bridgehead atoms. The van der Waals surface area contributed by atoms with Crippen molar-refractivity contribution in [3.63, 3.8) is 0 Å². The summed E-state index contributed by atoms with van der Waals surface area (Å²) in [5.41, 5.74) is 5.65. The predicted octanol–water partition coefficient (Wildman–Crippen LogP) is 0.938. The molecule has 4 heteroatoms. The zero-order valence-electron chi connectivity index (χ0n) is 9.45. The van der Waals surface area contributed by atoms with Crippen molar-refractivity contribution in [1.29, 1.82) is 0 Å². The minimum atomic E-state index is -0.519. The van der Waals surface area contributed by atoms with Crippen molar-refractivity contribution >= 4 is 5.97 Å². The maximum Gasteiger partial charge on any atom is 0.323 e. The van der Waals surface area contributed by atoms with E-state index >= 15 is 0 Å². The first-order valence-corrected chi connectivity index (χ1v) is 4.92. The topological polar surface area (TPSA) is 61.5 Å². The maximum atomic E-state index is 11.4. The fraction of sp³-hybridized carbons (Fsp3) is 0.900. The number of nitrogens with two attached hydrogens (primary N) is 1. The second-order valence-electron chi connectivity index (χ2n) is 3.94. The number of carbonyl (C=O) groups is 1. The van der Waals surface area contributed by atoms with Crippen molar-refractivity contribution in [2.45, 2.75) is 39.3 Å². The van der Waals surface area contributed by atoms with Crippen molar-refractivity contribution in [3.8, 4) is 0 Å². The Morgan fingerprint density at radius 2 is 1.93 bits per heavy atom. The van der Waals surface area contributed by atoms with Crippen LogP contribution in [0.15, 0.2) is 0 Å². The molecule has 0 aromatic carbocycles. The number of carbonyl (C=O) groups excluding carboxylic acids is 1. The molecule has 0 aromatic rings. The fourth-order valence-corrected chi connectivity index (χ4v) is 1.16. The molecule has 0 aliphatic carbocycles. The summed E-state index contributed by atoms with van der Waals surface area (Å²) < 4.78 is 9.91. The van der Waals surface area contributed by atoms with E-state index in [0.717, 1.165) is 0 Å². The van der Waals surface area contributed by atoms with Gasteiger partial charge in [0.2, 0.25) is 0 Å². The van der Waals surface area contributed by atoms with Gasteiger partial charge in [0.05, 0.1) is 6.61 Å². The summed E-state index contributed by atoms with van der Waals surface area (Å²) in [7, 11) is 1.57. The highest BCUT2D eigenvalue weighted by atomic mass is 16.6. The molecule has 2 unspecified atom stereocenters. The first kappa shape index (κ1) is 13.4. The fourth-order valence-electron chi connectivity index (χ4n) is 1.16. The van der Waals surface area contributed by atoms with Crippen molar-refractivity contribution < 1.29 is 14.3 Å². The summed E-state index contributed by atoms with van der Waals surface area (Å²) in [6, 6.07) is -0.519. The molecule has 0 rings (SSSR count). The molecule has 0 aromatic heterocycles. The van der Waals surface area contributed by atoms with Gasteiger partial charge in [-0.1, -0.05) is 13.8 Å². The number of esters is 1. The van der Waals surface area contributed by atoms with Gasteiger partial charge in [-0.3, -0.25) is 4.79 Å². The molecule has 0 saturated heterocycles. The van der Waals surface area contributed by atoms with Gasteiger partial charge in [0.1, 0.15) is 12.1 Å². The van der Waals surface area contributed by atoms with Crippen molar-refractivity contribution in [3.05, 3.63) is 0 Å². The molecule has 14 heavy (non-hydrogen) atoms. The smallest absolute Gasteiger partial charge is 0.323 e. The van der Waals surface area contributed by atoms with E-state index < -0.39 is 6.04 Å². The zero-order valence-corrected chi connectivity index (χ0v) is 9.45. The monoisotopic (exact) mass is 203 g/mol. The van der Waals surface area contributed by atoms with Crippen LogP contribution in [0.2, 0.25) is 0 Å². The summed E-state index contributed by atoms with van der Waals surface area (Å²) in [5.74, 6) is 0.0542. The van der Waals surface area contributed by atoms with E-state index in [2.05, 4.69) is 0 Å². The van der Waals surface area contributed by atoms with E-state index in [9.17, 15) is 4.79 Å². The molecule has 2 N–H and O–H groups in total. The van der Waals surface area contributed by atoms with E-state index in [-0.39, 0.29) is 12.1 Å². The highest BCUT2D eigenvalue weighted by molar-refractivity contribution is 5.75. The molecule has 0 amide bonds. The van der Waals surface area contributed by atoms with Gasteiger partial charge < -0.3 is 15.2 Å². The van der Waals surface area contributed by atoms with Crippen LogP contribution < -0.4 is 5.73 Å². The van der Waals surface area contributed by atoms with Gasteiger partial charge in [-0.25, -0.2) is 0 Å². The van der Waals surface area contributed by atoms with Crippen LogP contribution in [0.3, 0.4) is 0 Å². The van der Waals surface area contributed by atoms with E-state index in [1.165, 1.54) is 0 Å². The Hall–Kier alpha value is -0.610. The Morgan fingerprint density at radius 1 is 1.36 bits per heavy atom. The van der Waals surface area contributed by atoms with Gasteiger partial charge in [-0.05, 0) is 19.3 Å². The van der Waals surface area contributed by atoms with E-state index in [1.807, 2.05) is 13.8 Å². The lowest BCUT2D eigenvalue weighted by atomic mass is 10.1. The van der Waals surface area contributed by atoms with Gasteiger partial charge in [0.25, 0.3) is 0 Å². The standard InChI is InChI=1S/C10H21NO3/c1-7(2)5-9(11)10(12)14-8(3)6-13-4/h7-9H,5-6,11H2,1-4H3. The molecule has 0 radical (unpaired) electrons. The quantitative estimate of drug-likeness (QED) is 0.652. The Kier molecular flexibility index (Phi) is 6.49. The third-order valence-corrected chi connectivity index (χ3v) is 1.75. The van der Waals surface area contributed by atoms with Crippen LogP contribution in [0.1, 0.15) is 27.2 Å².